The van der Waals surface area contributed by atoms with Crippen LogP contribution < -0.4 is 5.32 Å². The number of carbonyl (C=O) groups excluding carboxylic acids is 3. The van der Waals surface area contributed by atoms with E-state index in [-0.39, 0.29) is 17.7 Å². The van der Waals surface area contributed by atoms with Gasteiger partial charge in [0.05, 0.1) is 11.1 Å². The number of nitrogens with zero attached hydrogens (tertiary/aromatic N) is 1. The van der Waals surface area contributed by atoms with Crippen LogP contribution in [0.1, 0.15) is 50.8 Å². The van der Waals surface area contributed by atoms with Crippen LogP contribution in [0, 0.1) is 0 Å². The minimum absolute atomic E-state index is 0.217. The molecule has 3 amide bonds. The number of nitrogens with one attached hydrogen (secondary N) is 1. The fourth-order valence-corrected chi connectivity index (χ4v) is 1.98. The Bertz CT molecular complexity index is 552. The molecule has 0 bridgehead atoms. The predicted octanol–water partition coefficient (Wildman–Crippen LogP) is 1.44. The van der Waals surface area contributed by atoms with Crippen molar-refractivity contribution < 1.29 is 14.4 Å². The lowest BCUT2D eigenvalue weighted by molar-refractivity contribution is 0.0693. The molecule has 0 aliphatic carbocycles. The van der Waals surface area contributed by atoms with Crippen molar-refractivity contribution in [1.82, 2.24) is 10.2 Å². The Kier molecular flexibility index (Phi) is 3.64. The zero-order valence-electron chi connectivity index (χ0n) is 11.0. The molecule has 0 atom stereocenters. The molecular weight excluding hydrogens is 244 g/mol. The normalized spacial score (nSPS) is 13.7. The summed E-state index contributed by atoms with van der Waals surface area (Å²) in [6.45, 7) is 2.65. The topological polar surface area (TPSA) is 66.5 Å². The van der Waals surface area contributed by atoms with Crippen LogP contribution in [-0.4, -0.2) is 36.2 Å². The number of rotatable bonds is 4. The quantitative estimate of drug-likeness (QED) is 0.658. The Morgan fingerprint density at radius 1 is 1.21 bits per heavy atom. The van der Waals surface area contributed by atoms with Gasteiger partial charge in [-0.2, -0.15) is 0 Å². The molecule has 0 spiro atoms. The predicted molar refractivity (Wildman–Crippen MR) is 70.1 cm³/mol. The summed E-state index contributed by atoms with van der Waals surface area (Å²) in [7, 11) is 1.44. The Balaban J connectivity index is 2.21. The third-order valence-corrected chi connectivity index (χ3v) is 3.17. The number of unbranched alkanes of at least 4 members (excludes halogenated alkanes) is 1. The van der Waals surface area contributed by atoms with E-state index < -0.39 is 0 Å². The largest absolute Gasteiger partial charge is 0.352 e. The summed E-state index contributed by atoms with van der Waals surface area (Å²) in [4.78, 5) is 36.4. The fourth-order valence-electron chi connectivity index (χ4n) is 1.98. The first-order valence-electron chi connectivity index (χ1n) is 6.31. The highest BCUT2D eigenvalue weighted by Crippen LogP contribution is 2.22. The zero-order valence-corrected chi connectivity index (χ0v) is 11.0. The Labute approximate surface area is 111 Å². The van der Waals surface area contributed by atoms with Gasteiger partial charge in [0, 0.05) is 19.2 Å². The second kappa shape index (κ2) is 5.22. The van der Waals surface area contributed by atoms with Gasteiger partial charge in [-0.1, -0.05) is 13.3 Å². The molecule has 0 saturated carbocycles. The molecular formula is C14H16N2O3. The lowest BCUT2D eigenvalue weighted by atomic mass is 10.1. The molecule has 5 nitrogen and oxygen atoms in total. The van der Waals surface area contributed by atoms with E-state index in [0.717, 1.165) is 17.7 Å². The highest BCUT2D eigenvalue weighted by atomic mass is 16.2. The van der Waals surface area contributed by atoms with Crippen LogP contribution in [0.4, 0.5) is 0 Å². The van der Waals surface area contributed by atoms with Crippen molar-refractivity contribution in [3.8, 4) is 0 Å². The third-order valence-electron chi connectivity index (χ3n) is 3.17. The Morgan fingerprint density at radius 2 is 1.89 bits per heavy atom. The van der Waals surface area contributed by atoms with Crippen molar-refractivity contribution in [1.29, 1.82) is 0 Å². The summed E-state index contributed by atoms with van der Waals surface area (Å²) in [5, 5.41) is 2.78. The summed E-state index contributed by atoms with van der Waals surface area (Å²) >= 11 is 0. The molecule has 1 aromatic rings. The highest BCUT2D eigenvalue weighted by molar-refractivity contribution is 6.21. The molecule has 19 heavy (non-hydrogen) atoms. The summed E-state index contributed by atoms with van der Waals surface area (Å²) < 4.78 is 0. The van der Waals surface area contributed by atoms with Gasteiger partial charge in [0.1, 0.15) is 0 Å². The zero-order chi connectivity index (χ0) is 14.0. The first-order chi connectivity index (χ1) is 9.06. The molecule has 100 valence electrons. The lowest BCUT2D eigenvalue weighted by Crippen LogP contribution is -2.25. The molecule has 5 heteroatoms. The van der Waals surface area contributed by atoms with E-state index in [1.165, 1.54) is 19.2 Å². The van der Waals surface area contributed by atoms with Crippen molar-refractivity contribution in [2.24, 2.45) is 0 Å². The molecule has 0 saturated heterocycles. The Hall–Kier alpha value is -2.17. The van der Waals surface area contributed by atoms with Crippen molar-refractivity contribution in [2.45, 2.75) is 19.8 Å². The minimum Gasteiger partial charge on any atom is -0.352 e. The average molecular weight is 260 g/mol. The van der Waals surface area contributed by atoms with Gasteiger partial charge in [0.2, 0.25) is 0 Å². The maximum atomic E-state index is 11.9. The summed E-state index contributed by atoms with van der Waals surface area (Å²) in [6, 6.07) is 4.60. The second-order valence-corrected chi connectivity index (χ2v) is 4.54. The van der Waals surface area contributed by atoms with E-state index in [0.29, 0.717) is 23.2 Å². The van der Waals surface area contributed by atoms with Crippen LogP contribution in [0.3, 0.4) is 0 Å². The number of hydrogen-bond donors (Lipinski definition) is 1. The highest BCUT2D eigenvalue weighted by Gasteiger charge is 2.33. The Morgan fingerprint density at radius 3 is 2.58 bits per heavy atom. The van der Waals surface area contributed by atoms with Crippen LogP contribution in [0.25, 0.3) is 0 Å². The van der Waals surface area contributed by atoms with Crippen molar-refractivity contribution in [2.75, 3.05) is 13.6 Å². The third kappa shape index (κ3) is 2.36. The van der Waals surface area contributed by atoms with E-state index in [1.54, 1.807) is 6.07 Å². The van der Waals surface area contributed by atoms with Gasteiger partial charge in [-0.05, 0) is 24.6 Å². The van der Waals surface area contributed by atoms with Crippen molar-refractivity contribution >= 4 is 17.7 Å². The van der Waals surface area contributed by atoms with Gasteiger partial charge in [-0.3, -0.25) is 19.3 Å². The van der Waals surface area contributed by atoms with Gasteiger partial charge < -0.3 is 5.32 Å². The van der Waals surface area contributed by atoms with E-state index in [2.05, 4.69) is 5.32 Å². The molecule has 1 aromatic carbocycles. The second-order valence-electron chi connectivity index (χ2n) is 4.54. The molecule has 0 radical (unpaired) electrons. The van der Waals surface area contributed by atoms with Gasteiger partial charge in [-0.25, -0.2) is 0 Å². The number of fused-ring (bicyclic) bond motifs is 1. The summed E-state index contributed by atoms with van der Waals surface area (Å²) in [5.41, 5.74) is 1.07. The molecule has 0 aromatic heterocycles. The standard InChI is InChI=1S/C14H16N2O3/c1-3-4-7-15-12(17)9-5-6-10-11(8-9)14(19)16(2)13(10)18/h5-6,8H,3-4,7H2,1-2H3,(H,15,17). The molecule has 1 aliphatic heterocycles. The van der Waals surface area contributed by atoms with Crippen molar-refractivity contribution in [3.63, 3.8) is 0 Å². The van der Waals surface area contributed by atoms with Gasteiger partial charge in [0.25, 0.3) is 17.7 Å². The van der Waals surface area contributed by atoms with Crippen LogP contribution in [0.15, 0.2) is 18.2 Å². The monoisotopic (exact) mass is 260 g/mol. The molecule has 1 N–H and O–H groups in total. The minimum atomic E-state index is -0.358. The molecule has 0 unspecified atom stereocenters. The molecule has 2 rings (SSSR count). The lowest BCUT2D eigenvalue weighted by Gasteiger charge is -2.05. The number of hydrogen-bond acceptors (Lipinski definition) is 3. The number of benzene rings is 1. The van der Waals surface area contributed by atoms with Gasteiger partial charge in [-0.15, -0.1) is 0 Å². The van der Waals surface area contributed by atoms with E-state index in [4.69, 9.17) is 0 Å². The first-order valence-corrected chi connectivity index (χ1v) is 6.31. The maximum absolute atomic E-state index is 11.9. The molecule has 1 heterocycles. The number of imide groups is 1. The van der Waals surface area contributed by atoms with E-state index in [1.807, 2.05) is 6.92 Å². The van der Waals surface area contributed by atoms with Gasteiger partial charge >= 0.3 is 0 Å². The van der Waals surface area contributed by atoms with Crippen LogP contribution >= 0.6 is 0 Å². The van der Waals surface area contributed by atoms with Crippen molar-refractivity contribution in [3.05, 3.63) is 34.9 Å². The number of carbonyl (C=O) groups is 3. The molecule has 0 fully saturated rings. The van der Waals surface area contributed by atoms with E-state index in [9.17, 15) is 14.4 Å². The maximum Gasteiger partial charge on any atom is 0.261 e. The van der Waals surface area contributed by atoms with Gasteiger partial charge in [0.15, 0.2) is 0 Å². The first kappa shape index (κ1) is 13.3. The van der Waals surface area contributed by atoms with E-state index >= 15 is 0 Å². The van der Waals surface area contributed by atoms with Crippen LogP contribution in [0.5, 0.6) is 0 Å². The average Bonchev–Trinajstić information content (AvgIpc) is 2.64. The van der Waals surface area contributed by atoms with Crippen LogP contribution in [-0.2, 0) is 0 Å². The SMILES string of the molecule is CCCCNC(=O)c1ccc2c(c1)C(=O)N(C)C2=O. The van der Waals surface area contributed by atoms with Crippen LogP contribution in [0.2, 0.25) is 0 Å². The summed E-state index contributed by atoms with van der Waals surface area (Å²) in [6.07, 6.45) is 1.92. The summed E-state index contributed by atoms with van der Waals surface area (Å²) in [5.74, 6) is -0.896. The molecule has 1 aliphatic rings. The fraction of sp³-hybridized carbons (Fsp3) is 0.357. The smallest absolute Gasteiger partial charge is 0.261 e. The number of amides is 3.